The predicted octanol–water partition coefficient (Wildman–Crippen LogP) is 4.36. The van der Waals surface area contributed by atoms with Crippen molar-refractivity contribution in [3.8, 4) is 0 Å². The molecule has 1 heterocycles. The Morgan fingerprint density at radius 1 is 1.19 bits per heavy atom. The fourth-order valence-corrected chi connectivity index (χ4v) is 2.91. The number of fused-ring (bicyclic) bond motifs is 1. The van der Waals surface area contributed by atoms with Crippen LogP contribution in [0.25, 0.3) is 0 Å². The lowest BCUT2D eigenvalue weighted by atomic mass is 9.98. The molecule has 1 unspecified atom stereocenters. The first-order valence-corrected chi connectivity index (χ1v) is 8.31. The van der Waals surface area contributed by atoms with Crippen molar-refractivity contribution in [1.82, 2.24) is 0 Å². The molecule has 1 amide bonds. The van der Waals surface area contributed by atoms with E-state index in [1.807, 2.05) is 12.1 Å². The normalized spacial score (nSPS) is 16.0. The summed E-state index contributed by atoms with van der Waals surface area (Å²) in [6, 6.07) is 5.95. The van der Waals surface area contributed by atoms with Crippen molar-refractivity contribution in [2.24, 2.45) is 0 Å². The molecule has 3 nitrogen and oxygen atoms in total. The quantitative estimate of drug-likeness (QED) is 0.733. The van der Waals surface area contributed by atoms with E-state index in [2.05, 4.69) is 18.3 Å². The molecular weight excluding hydrogens is 262 g/mol. The number of amides is 1. The number of aryl methyl sites for hydroxylation is 1. The van der Waals surface area contributed by atoms with Crippen molar-refractivity contribution >= 4 is 11.6 Å². The first-order chi connectivity index (χ1) is 10.2. The summed E-state index contributed by atoms with van der Waals surface area (Å²) in [7, 11) is 0. The molecule has 0 saturated heterocycles. The molecule has 21 heavy (non-hydrogen) atoms. The van der Waals surface area contributed by atoms with Crippen LogP contribution in [-0.2, 0) is 11.2 Å². The Bertz CT molecular complexity index is 470. The Balaban J connectivity index is 1.91. The van der Waals surface area contributed by atoms with Crippen molar-refractivity contribution in [2.75, 3.05) is 5.32 Å². The first-order valence-electron chi connectivity index (χ1n) is 8.31. The van der Waals surface area contributed by atoms with Crippen molar-refractivity contribution in [2.45, 2.75) is 70.8 Å². The summed E-state index contributed by atoms with van der Waals surface area (Å²) in [5, 5.41) is 13.2. The van der Waals surface area contributed by atoms with E-state index in [9.17, 15) is 9.90 Å². The summed E-state index contributed by atoms with van der Waals surface area (Å²) in [6.45, 7) is 2.21. The maximum atomic E-state index is 11.5. The number of unbranched alkanes of at least 4 members (excludes halogenated alkanes) is 4. The fraction of sp³-hybridized carbons (Fsp3) is 0.611. The molecule has 1 aliphatic heterocycles. The molecule has 116 valence electrons. The summed E-state index contributed by atoms with van der Waals surface area (Å²) in [6.07, 6.45) is 8.91. The molecule has 0 aliphatic carbocycles. The summed E-state index contributed by atoms with van der Waals surface area (Å²) >= 11 is 0. The van der Waals surface area contributed by atoms with Gasteiger partial charge < -0.3 is 10.4 Å². The van der Waals surface area contributed by atoms with Gasteiger partial charge in [0.2, 0.25) is 5.91 Å². The van der Waals surface area contributed by atoms with Gasteiger partial charge in [0.25, 0.3) is 0 Å². The number of aliphatic hydroxyl groups is 1. The molecule has 0 bridgehead atoms. The number of nitrogens with one attached hydrogen (secondary N) is 1. The lowest BCUT2D eigenvalue weighted by molar-refractivity contribution is -0.116. The van der Waals surface area contributed by atoms with Crippen LogP contribution in [0.1, 0.15) is 75.5 Å². The molecule has 1 aliphatic rings. The molecule has 0 fully saturated rings. The maximum Gasteiger partial charge on any atom is 0.224 e. The van der Waals surface area contributed by atoms with Gasteiger partial charge in [-0.25, -0.2) is 0 Å². The Morgan fingerprint density at radius 3 is 2.81 bits per heavy atom. The molecule has 1 aromatic rings. The Morgan fingerprint density at radius 2 is 2.00 bits per heavy atom. The molecule has 1 aromatic carbocycles. The number of benzene rings is 1. The molecule has 1 atom stereocenters. The summed E-state index contributed by atoms with van der Waals surface area (Å²) in [5.41, 5.74) is 3.06. The summed E-state index contributed by atoms with van der Waals surface area (Å²) in [5.74, 6) is 0.0953. The first kappa shape index (κ1) is 16.0. The maximum absolute atomic E-state index is 11.5. The Kier molecular flexibility index (Phi) is 6.24. The number of rotatable bonds is 7. The monoisotopic (exact) mass is 289 g/mol. The lowest BCUT2D eigenvalue weighted by Crippen LogP contribution is -2.09. The van der Waals surface area contributed by atoms with Crippen LogP contribution >= 0.6 is 0 Å². The van der Waals surface area contributed by atoms with E-state index in [1.165, 1.54) is 25.7 Å². The van der Waals surface area contributed by atoms with Crippen LogP contribution in [0.4, 0.5) is 5.69 Å². The van der Waals surface area contributed by atoms with E-state index in [4.69, 9.17) is 0 Å². The van der Waals surface area contributed by atoms with Gasteiger partial charge in [0.1, 0.15) is 0 Å². The second-order valence-corrected chi connectivity index (χ2v) is 6.04. The molecule has 0 spiro atoms. The van der Waals surface area contributed by atoms with Gasteiger partial charge >= 0.3 is 0 Å². The number of hydrogen-bond donors (Lipinski definition) is 2. The van der Waals surface area contributed by atoms with Gasteiger partial charge in [0.05, 0.1) is 6.10 Å². The summed E-state index contributed by atoms with van der Waals surface area (Å²) in [4.78, 5) is 11.5. The number of carbonyl (C=O) groups is 1. The van der Waals surface area contributed by atoms with E-state index in [-0.39, 0.29) is 12.0 Å². The van der Waals surface area contributed by atoms with Gasteiger partial charge in [-0.15, -0.1) is 0 Å². The van der Waals surface area contributed by atoms with Gasteiger partial charge in [0.15, 0.2) is 0 Å². The number of anilines is 1. The largest absolute Gasteiger partial charge is 0.388 e. The molecule has 0 radical (unpaired) electrons. The average Bonchev–Trinajstić information content (AvgIpc) is 2.66. The van der Waals surface area contributed by atoms with E-state index < -0.39 is 0 Å². The minimum atomic E-state index is -0.379. The van der Waals surface area contributed by atoms with Crippen LogP contribution in [0.15, 0.2) is 18.2 Å². The average molecular weight is 289 g/mol. The molecule has 3 heteroatoms. The van der Waals surface area contributed by atoms with E-state index in [0.29, 0.717) is 6.42 Å². The molecular formula is C18H27NO2. The Labute approximate surface area is 127 Å². The zero-order valence-corrected chi connectivity index (χ0v) is 13.0. The third-order valence-corrected chi connectivity index (χ3v) is 4.22. The van der Waals surface area contributed by atoms with Gasteiger partial charge in [0, 0.05) is 12.1 Å². The highest BCUT2D eigenvalue weighted by Crippen LogP contribution is 2.27. The van der Waals surface area contributed by atoms with Crippen LogP contribution in [0, 0.1) is 0 Å². The smallest absolute Gasteiger partial charge is 0.224 e. The second-order valence-electron chi connectivity index (χ2n) is 6.04. The predicted molar refractivity (Wildman–Crippen MR) is 86.3 cm³/mol. The van der Waals surface area contributed by atoms with E-state index >= 15 is 0 Å². The highest BCUT2D eigenvalue weighted by atomic mass is 16.3. The van der Waals surface area contributed by atoms with Crippen LogP contribution < -0.4 is 5.32 Å². The minimum absolute atomic E-state index is 0.0953. The number of aliphatic hydroxyl groups excluding tert-OH is 1. The SMILES string of the molecule is CCCCCCCC(O)c1ccc2c(c1)CCCC(=O)N2. The number of hydrogen-bond acceptors (Lipinski definition) is 2. The molecule has 0 aromatic heterocycles. The van der Waals surface area contributed by atoms with Crippen LogP contribution in [0.2, 0.25) is 0 Å². The number of carbonyl (C=O) groups excluding carboxylic acids is 1. The van der Waals surface area contributed by atoms with Gasteiger partial charge in [-0.3, -0.25) is 4.79 Å². The Hall–Kier alpha value is -1.35. The molecule has 0 saturated carbocycles. The van der Waals surface area contributed by atoms with Crippen molar-refractivity contribution in [1.29, 1.82) is 0 Å². The van der Waals surface area contributed by atoms with E-state index in [0.717, 1.165) is 42.5 Å². The van der Waals surface area contributed by atoms with Crippen LogP contribution in [-0.4, -0.2) is 11.0 Å². The third kappa shape index (κ3) is 4.85. The minimum Gasteiger partial charge on any atom is -0.388 e. The van der Waals surface area contributed by atoms with E-state index in [1.54, 1.807) is 0 Å². The van der Waals surface area contributed by atoms with Gasteiger partial charge in [-0.2, -0.15) is 0 Å². The molecule has 2 N–H and O–H groups in total. The summed E-state index contributed by atoms with van der Waals surface area (Å²) < 4.78 is 0. The van der Waals surface area contributed by atoms with Gasteiger partial charge in [-0.05, 0) is 36.5 Å². The van der Waals surface area contributed by atoms with Crippen molar-refractivity contribution in [3.05, 3.63) is 29.3 Å². The zero-order valence-electron chi connectivity index (χ0n) is 13.0. The second kappa shape index (κ2) is 8.18. The standard InChI is InChI=1S/C18H27NO2/c1-2-3-4-5-6-9-17(20)15-11-12-16-14(13-15)8-7-10-18(21)19-16/h11-13,17,20H,2-10H2,1H3,(H,19,21). The van der Waals surface area contributed by atoms with Crippen molar-refractivity contribution in [3.63, 3.8) is 0 Å². The fourth-order valence-electron chi connectivity index (χ4n) is 2.91. The van der Waals surface area contributed by atoms with Crippen LogP contribution in [0.5, 0.6) is 0 Å². The van der Waals surface area contributed by atoms with Gasteiger partial charge in [-0.1, -0.05) is 51.2 Å². The highest BCUT2D eigenvalue weighted by molar-refractivity contribution is 5.92. The molecule has 2 rings (SSSR count). The third-order valence-electron chi connectivity index (χ3n) is 4.22. The lowest BCUT2D eigenvalue weighted by Gasteiger charge is -2.14. The zero-order chi connectivity index (χ0) is 15.1. The topological polar surface area (TPSA) is 49.3 Å². The van der Waals surface area contributed by atoms with Crippen molar-refractivity contribution < 1.29 is 9.90 Å². The highest BCUT2D eigenvalue weighted by Gasteiger charge is 2.15. The van der Waals surface area contributed by atoms with Crippen LogP contribution in [0.3, 0.4) is 0 Å².